The Balaban J connectivity index is 2.09. The van der Waals surface area contributed by atoms with Gasteiger partial charge < -0.3 is 10.6 Å². The van der Waals surface area contributed by atoms with Gasteiger partial charge in [-0.25, -0.2) is 9.97 Å². The largest absolute Gasteiger partial charge is 0.383 e. The number of thioether (sulfide) groups is 1. The zero-order valence-corrected chi connectivity index (χ0v) is 10.8. The average Bonchev–Trinajstić information content (AvgIpc) is 2.93. The van der Waals surface area contributed by atoms with Crippen LogP contribution in [0, 0.1) is 11.8 Å². The van der Waals surface area contributed by atoms with Crippen molar-refractivity contribution < 1.29 is 0 Å². The van der Waals surface area contributed by atoms with Crippen molar-refractivity contribution in [1.29, 1.82) is 0 Å². The van der Waals surface area contributed by atoms with Crippen molar-refractivity contribution in [2.75, 3.05) is 30.5 Å². The highest BCUT2D eigenvalue weighted by Gasteiger charge is 2.33. The highest BCUT2D eigenvalue weighted by molar-refractivity contribution is 7.98. The van der Waals surface area contributed by atoms with Crippen molar-refractivity contribution in [3.63, 3.8) is 0 Å². The zero-order valence-electron chi connectivity index (χ0n) is 9.97. The van der Waals surface area contributed by atoms with Crippen molar-refractivity contribution in [3.05, 3.63) is 6.07 Å². The Bertz CT molecular complexity index is 382. The van der Waals surface area contributed by atoms with Gasteiger partial charge in [-0.05, 0) is 24.5 Å². The molecule has 1 aromatic rings. The summed E-state index contributed by atoms with van der Waals surface area (Å²) in [5.74, 6) is 3.15. The van der Waals surface area contributed by atoms with Crippen LogP contribution in [0.15, 0.2) is 11.2 Å². The number of aromatic nitrogens is 2. The topological polar surface area (TPSA) is 55.0 Å². The summed E-state index contributed by atoms with van der Waals surface area (Å²) in [4.78, 5) is 10.8. The van der Waals surface area contributed by atoms with Crippen LogP contribution in [0.5, 0.6) is 0 Å². The monoisotopic (exact) mass is 238 g/mol. The molecular weight excluding hydrogens is 220 g/mol. The second-order valence-corrected chi connectivity index (χ2v) is 5.26. The Morgan fingerprint density at radius 1 is 1.56 bits per heavy atom. The molecule has 1 aliphatic carbocycles. The molecule has 0 saturated heterocycles. The first-order valence-corrected chi connectivity index (χ1v) is 6.72. The molecule has 0 aromatic carbocycles. The van der Waals surface area contributed by atoms with Gasteiger partial charge in [0.05, 0.1) is 0 Å². The van der Waals surface area contributed by atoms with E-state index in [-0.39, 0.29) is 0 Å². The van der Waals surface area contributed by atoms with Crippen LogP contribution in [0.3, 0.4) is 0 Å². The summed E-state index contributed by atoms with van der Waals surface area (Å²) in [7, 11) is 2.07. The van der Waals surface area contributed by atoms with Crippen molar-refractivity contribution in [2.45, 2.75) is 18.5 Å². The Kier molecular flexibility index (Phi) is 3.23. The van der Waals surface area contributed by atoms with Gasteiger partial charge in [-0.2, -0.15) is 0 Å². The molecule has 2 rings (SSSR count). The fraction of sp³-hybridized carbons (Fsp3) is 0.636. The average molecular weight is 238 g/mol. The summed E-state index contributed by atoms with van der Waals surface area (Å²) in [6, 6.07) is 1.84. The Labute approximate surface area is 101 Å². The molecule has 1 aromatic heterocycles. The Morgan fingerprint density at radius 3 is 2.81 bits per heavy atom. The number of nitrogens with two attached hydrogens (primary N) is 1. The van der Waals surface area contributed by atoms with Crippen LogP contribution in [0.1, 0.15) is 13.3 Å². The fourth-order valence-corrected chi connectivity index (χ4v) is 2.20. The lowest BCUT2D eigenvalue weighted by molar-refractivity contribution is 0.714. The van der Waals surface area contributed by atoms with Crippen LogP contribution in [-0.4, -0.2) is 29.8 Å². The lowest BCUT2D eigenvalue weighted by Gasteiger charge is -2.18. The molecule has 88 valence electrons. The Hall–Kier alpha value is -0.970. The van der Waals surface area contributed by atoms with Crippen LogP contribution in [0.25, 0.3) is 0 Å². The predicted molar refractivity (Wildman–Crippen MR) is 68.8 cm³/mol. The van der Waals surface area contributed by atoms with Crippen molar-refractivity contribution >= 4 is 23.4 Å². The van der Waals surface area contributed by atoms with Gasteiger partial charge in [-0.15, -0.1) is 0 Å². The minimum absolute atomic E-state index is 0.546. The third-order valence-electron chi connectivity index (χ3n) is 3.07. The number of hydrogen-bond donors (Lipinski definition) is 1. The molecule has 1 aliphatic rings. The van der Waals surface area contributed by atoms with E-state index in [4.69, 9.17) is 5.73 Å². The summed E-state index contributed by atoms with van der Waals surface area (Å²) in [5, 5.41) is 0.741. The lowest BCUT2D eigenvalue weighted by atomic mass is 10.3. The molecule has 0 bridgehead atoms. The fourth-order valence-electron chi connectivity index (χ4n) is 1.82. The molecule has 2 unspecified atom stereocenters. The molecule has 0 aliphatic heterocycles. The maximum Gasteiger partial charge on any atom is 0.191 e. The van der Waals surface area contributed by atoms with Crippen LogP contribution in [0.4, 0.5) is 11.6 Å². The molecule has 1 saturated carbocycles. The SMILES string of the molecule is CSc1nc(N)cc(N(C)CC2CC2C)n1. The molecule has 1 heterocycles. The highest BCUT2D eigenvalue weighted by atomic mass is 32.2. The van der Waals surface area contributed by atoms with E-state index in [0.717, 1.165) is 29.4 Å². The van der Waals surface area contributed by atoms with Gasteiger partial charge in [-0.3, -0.25) is 0 Å². The summed E-state index contributed by atoms with van der Waals surface area (Å²) in [6.07, 6.45) is 3.29. The molecule has 0 spiro atoms. The maximum absolute atomic E-state index is 5.76. The van der Waals surface area contributed by atoms with Gasteiger partial charge in [0.2, 0.25) is 0 Å². The standard InChI is InChI=1S/C11H18N4S/c1-7-4-8(7)6-15(2)10-5-9(12)13-11(14-10)16-3/h5,7-8H,4,6H2,1-3H3,(H2,12,13,14). The summed E-state index contributed by atoms with van der Waals surface area (Å²) in [6.45, 7) is 3.35. The first-order chi connectivity index (χ1) is 7.60. The third-order valence-corrected chi connectivity index (χ3v) is 3.62. The summed E-state index contributed by atoms with van der Waals surface area (Å²) < 4.78 is 0. The molecule has 2 atom stereocenters. The van der Waals surface area contributed by atoms with Crippen LogP contribution in [-0.2, 0) is 0 Å². The molecule has 4 nitrogen and oxygen atoms in total. The molecular formula is C11H18N4S. The van der Waals surface area contributed by atoms with E-state index >= 15 is 0 Å². The minimum atomic E-state index is 0.546. The lowest BCUT2D eigenvalue weighted by Crippen LogP contribution is -2.22. The second-order valence-electron chi connectivity index (χ2n) is 4.49. The van der Waals surface area contributed by atoms with Gasteiger partial charge in [0.1, 0.15) is 11.6 Å². The van der Waals surface area contributed by atoms with Gasteiger partial charge in [-0.1, -0.05) is 18.7 Å². The summed E-state index contributed by atoms with van der Waals surface area (Å²) in [5.41, 5.74) is 5.76. The maximum atomic E-state index is 5.76. The first kappa shape index (κ1) is 11.5. The van der Waals surface area contributed by atoms with Crippen molar-refractivity contribution in [2.24, 2.45) is 11.8 Å². The van der Waals surface area contributed by atoms with Crippen LogP contribution >= 0.6 is 11.8 Å². The second kappa shape index (κ2) is 4.49. The van der Waals surface area contributed by atoms with E-state index in [9.17, 15) is 0 Å². The predicted octanol–water partition coefficient (Wildman–Crippen LogP) is 1.87. The molecule has 2 N–H and O–H groups in total. The van der Waals surface area contributed by atoms with Crippen LogP contribution in [0.2, 0.25) is 0 Å². The number of anilines is 2. The zero-order chi connectivity index (χ0) is 11.7. The van der Waals surface area contributed by atoms with Gasteiger partial charge in [0.15, 0.2) is 5.16 Å². The number of rotatable bonds is 4. The smallest absolute Gasteiger partial charge is 0.191 e. The number of nitrogen functional groups attached to an aromatic ring is 1. The van der Waals surface area contributed by atoms with Crippen LogP contribution < -0.4 is 10.6 Å². The first-order valence-electron chi connectivity index (χ1n) is 5.50. The summed E-state index contributed by atoms with van der Waals surface area (Å²) >= 11 is 1.52. The van der Waals surface area contributed by atoms with E-state index in [1.807, 2.05) is 12.3 Å². The van der Waals surface area contributed by atoms with E-state index in [2.05, 4.69) is 28.8 Å². The van der Waals surface area contributed by atoms with Gasteiger partial charge in [0.25, 0.3) is 0 Å². The van der Waals surface area contributed by atoms with E-state index < -0.39 is 0 Å². The van der Waals surface area contributed by atoms with Crippen molar-refractivity contribution in [3.8, 4) is 0 Å². The molecule has 16 heavy (non-hydrogen) atoms. The Morgan fingerprint density at radius 2 is 2.25 bits per heavy atom. The minimum Gasteiger partial charge on any atom is -0.383 e. The van der Waals surface area contributed by atoms with E-state index in [1.54, 1.807) is 0 Å². The number of nitrogens with zero attached hydrogens (tertiary/aromatic N) is 3. The molecule has 0 amide bonds. The van der Waals surface area contributed by atoms with E-state index in [0.29, 0.717) is 5.82 Å². The van der Waals surface area contributed by atoms with Crippen molar-refractivity contribution in [1.82, 2.24) is 9.97 Å². The normalized spacial score (nSPS) is 23.2. The molecule has 0 radical (unpaired) electrons. The van der Waals surface area contributed by atoms with Gasteiger partial charge in [0, 0.05) is 19.7 Å². The quantitative estimate of drug-likeness (QED) is 0.641. The molecule has 5 heteroatoms. The molecule has 1 fully saturated rings. The van der Waals surface area contributed by atoms with Gasteiger partial charge >= 0.3 is 0 Å². The van der Waals surface area contributed by atoms with E-state index in [1.165, 1.54) is 18.2 Å². The highest BCUT2D eigenvalue weighted by Crippen LogP contribution is 2.38. The third kappa shape index (κ3) is 2.58. The number of hydrogen-bond acceptors (Lipinski definition) is 5.